The summed E-state index contributed by atoms with van der Waals surface area (Å²) in [7, 11) is 0. The topological polar surface area (TPSA) is 32.6 Å². The molecule has 0 bridgehead atoms. The van der Waals surface area contributed by atoms with Crippen LogP contribution in [0.15, 0.2) is 16.8 Å². The van der Waals surface area contributed by atoms with Crippen LogP contribution in [0.1, 0.15) is 26.7 Å². The molecule has 1 aliphatic carbocycles. The lowest BCUT2D eigenvalue weighted by atomic mass is 9.90. The van der Waals surface area contributed by atoms with Gasteiger partial charge in [-0.05, 0) is 31.8 Å². The molecule has 1 unspecified atom stereocenters. The van der Waals surface area contributed by atoms with Crippen molar-refractivity contribution in [2.45, 2.75) is 26.7 Å². The Morgan fingerprint density at radius 1 is 1.55 bits per heavy atom. The molecule has 1 N–H and O–H groups in total. The van der Waals surface area contributed by atoms with Gasteiger partial charge < -0.3 is 5.21 Å². The first-order valence-electron chi connectivity index (χ1n) is 3.60. The summed E-state index contributed by atoms with van der Waals surface area (Å²) in [5.41, 5.74) is 2.13. The van der Waals surface area contributed by atoms with Crippen LogP contribution in [0.2, 0.25) is 0 Å². The first kappa shape index (κ1) is 10.5. The lowest BCUT2D eigenvalue weighted by Crippen LogP contribution is -2.10. The van der Waals surface area contributed by atoms with Crippen LogP contribution in [0.25, 0.3) is 0 Å². The number of nitrogens with zero attached hydrogens (tertiary/aromatic N) is 1. The zero-order valence-corrected chi connectivity index (χ0v) is 7.69. The molecule has 0 fully saturated rings. The highest BCUT2D eigenvalue weighted by atomic mass is 35.5. The molecule has 0 aromatic heterocycles. The highest BCUT2D eigenvalue weighted by molar-refractivity contribution is 5.95. The van der Waals surface area contributed by atoms with Gasteiger partial charge in [-0.25, -0.2) is 0 Å². The van der Waals surface area contributed by atoms with Gasteiger partial charge in [0, 0.05) is 0 Å². The van der Waals surface area contributed by atoms with Crippen LogP contribution in [0.3, 0.4) is 0 Å². The number of hydrogen-bond acceptors (Lipinski definition) is 2. The van der Waals surface area contributed by atoms with Crippen LogP contribution in [0.5, 0.6) is 0 Å². The molecule has 0 aromatic carbocycles. The minimum atomic E-state index is 0. The van der Waals surface area contributed by atoms with Crippen molar-refractivity contribution in [1.29, 1.82) is 0 Å². The average molecular weight is 176 g/mol. The first-order chi connectivity index (χ1) is 4.72. The van der Waals surface area contributed by atoms with E-state index in [1.54, 1.807) is 0 Å². The Bertz CT molecular complexity index is 187. The SMILES string of the molecule is CC1=CC(=NO)CC(C)C1.Cl. The molecule has 0 amide bonds. The molecule has 3 heteroatoms. The van der Waals surface area contributed by atoms with Gasteiger partial charge in [0.25, 0.3) is 0 Å². The molecular formula is C8H14ClNO. The number of halogens is 1. The first-order valence-corrected chi connectivity index (χ1v) is 3.60. The molecule has 64 valence electrons. The van der Waals surface area contributed by atoms with Crippen LogP contribution < -0.4 is 0 Å². The molecule has 2 nitrogen and oxygen atoms in total. The fourth-order valence-corrected chi connectivity index (χ4v) is 1.45. The van der Waals surface area contributed by atoms with Gasteiger partial charge in [-0.2, -0.15) is 0 Å². The van der Waals surface area contributed by atoms with Crippen LogP contribution in [-0.4, -0.2) is 10.9 Å². The van der Waals surface area contributed by atoms with Gasteiger partial charge in [0.2, 0.25) is 0 Å². The lowest BCUT2D eigenvalue weighted by molar-refractivity contribution is 0.316. The maximum atomic E-state index is 8.47. The zero-order valence-electron chi connectivity index (χ0n) is 6.87. The molecule has 1 rings (SSSR count). The average Bonchev–Trinajstić information content (AvgIpc) is 1.85. The van der Waals surface area contributed by atoms with Gasteiger partial charge in [0.15, 0.2) is 0 Å². The Morgan fingerprint density at radius 2 is 2.18 bits per heavy atom. The molecule has 0 aromatic rings. The van der Waals surface area contributed by atoms with Gasteiger partial charge in [-0.3, -0.25) is 0 Å². The predicted molar refractivity (Wildman–Crippen MR) is 48.6 cm³/mol. The van der Waals surface area contributed by atoms with Gasteiger partial charge >= 0.3 is 0 Å². The summed E-state index contributed by atoms with van der Waals surface area (Å²) < 4.78 is 0. The van der Waals surface area contributed by atoms with Crippen LogP contribution in [0.4, 0.5) is 0 Å². The molecule has 1 atom stereocenters. The van der Waals surface area contributed by atoms with E-state index in [0.717, 1.165) is 18.6 Å². The van der Waals surface area contributed by atoms with E-state index in [1.807, 2.05) is 6.08 Å². The summed E-state index contributed by atoms with van der Waals surface area (Å²) in [6, 6.07) is 0. The third-order valence-electron chi connectivity index (χ3n) is 1.77. The van der Waals surface area contributed by atoms with Crippen molar-refractivity contribution in [3.8, 4) is 0 Å². The van der Waals surface area contributed by atoms with Crippen molar-refractivity contribution in [3.05, 3.63) is 11.6 Å². The van der Waals surface area contributed by atoms with E-state index >= 15 is 0 Å². The van der Waals surface area contributed by atoms with Gasteiger partial charge in [0.1, 0.15) is 0 Å². The maximum absolute atomic E-state index is 8.47. The molecule has 0 radical (unpaired) electrons. The van der Waals surface area contributed by atoms with Crippen LogP contribution in [0, 0.1) is 5.92 Å². The number of allylic oxidation sites excluding steroid dienone is 2. The highest BCUT2D eigenvalue weighted by Crippen LogP contribution is 2.20. The van der Waals surface area contributed by atoms with E-state index in [2.05, 4.69) is 19.0 Å². The fourth-order valence-electron chi connectivity index (χ4n) is 1.45. The Kier molecular flexibility index (Phi) is 4.19. The minimum absolute atomic E-state index is 0. The van der Waals surface area contributed by atoms with Crippen molar-refractivity contribution in [2.24, 2.45) is 11.1 Å². The van der Waals surface area contributed by atoms with E-state index in [1.165, 1.54) is 5.57 Å². The van der Waals surface area contributed by atoms with Gasteiger partial charge in [-0.15, -0.1) is 12.4 Å². The van der Waals surface area contributed by atoms with Crippen molar-refractivity contribution < 1.29 is 5.21 Å². The van der Waals surface area contributed by atoms with Crippen LogP contribution >= 0.6 is 12.4 Å². The van der Waals surface area contributed by atoms with Crippen molar-refractivity contribution >= 4 is 18.1 Å². The zero-order chi connectivity index (χ0) is 7.56. The summed E-state index contributed by atoms with van der Waals surface area (Å²) >= 11 is 0. The standard InChI is InChI=1S/C8H13NO.ClH/c1-6-3-7(2)5-8(4-6)9-10;/h4,7,10H,3,5H2,1-2H3;1H. The van der Waals surface area contributed by atoms with Crippen LogP contribution in [-0.2, 0) is 0 Å². The van der Waals surface area contributed by atoms with Crippen molar-refractivity contribution in [1.82, 2.24) is 0 Å². The van der Waals surface area contributed by atoms with E-state index in [0.29, 0.717) is 5.92 Å². The molecule has 0 aliphatic heterocycles. The molecular weight excluding hydrogens is 162 g/mol. The summed E-state index contributed by atoms with van der Waals surface area (Å²) in [6.07, 6.45) is 4.01. The minimum Gasteiger partial charge on any atom is -0.411 e. The Balaban J connectivity index is 0.000001000. The van der Waals surface area contributed by atoms with E-state index in [9.17, 15) is 0 Å². The van der Waals surface area contributed by atoms with E-state index < -0.39 is 0 Å². The van der Waals surface area contributed by atoms with Crippen molar-refractivity contribution in [3.63, 3.8) is 0 Å². The van der Waals surface area contributed by atoms with Gasteiger partial charge in [-0.1, -0.05) is 17.7 Å². The third-order valence-corrected chi connectivity index (χ3v) is 1.77. The Hall–Kier alpha value is -0.500. The molecule has 11 heavy (non-hydrogen) atoms. The smallest absolute Gasteiger partial charge is 0.0797 e. The second-order valence-electron chi connectivity index (χ2n) is 3.10. The molecule has 1 aliphatic rings. The number of hydrogen-bond donors (Lipinski definition) is 1. The van der Waals surface area contributed by atoms with Crippen molar-refractivity contribution in [2.75, 3.05) is 0 Å². The summed E-state index contributed by atoms with van der Waals surface area (Å²) in [6.45, 7) is 4.24. The Labute approximate surface area is 73.4 Å². The summed E-state index contributed by atoms with van der Waals surface area (Å²) in [5, 5.41) is 11.7. The third kappa shape index (κ3) is 2.93. The molecule has 0 saturated carbocycles. The maximum Gasteiger partial charge on any atom is 0.0797 e. The molecule has 0 spiro atoms. The monoisotopic (exact) mass is 175 g/mol. The van der Waals surface area contributed by atoms with E-state index in [-0.39, 0.29) is 12.4 Å². The quantitative estimate of drug-likeness (QED) is 0.446. The molecule has 0 saturated heterocycles. The second-order valence-corrected chi connectivity index (χ2v) is 3.10. The summed E-state index contributed by atoms with van der Waals surface area (Å²) in [5.74, 6) is 0.635. The normalized spacial score (nSPS) is 27.6. The second kappa shape index (κ2) is 4.39. The fraction of sp³-hybridized carbons (Fsp3) is 0.625. The predicted octanol–water partition coefficient (Wildman–Crippen LogP) is 2.61. The Morgan fingerprint density at radius 3 is 2.64 bits per heavy atom. The largest absolute Gasteiger partial charge is 0.411 e. The molecule has 0 heterocycles. The lowest BCUT2D eigenvalue weighted by Gasteiger charge is -2.16. The highest BCUT2D eigenvalue weighted by Gasteiger charge is 2.12. The number of oxime groups is 1. The number of rotatable bonds is 0. The summed E-state index contributed by atoms with van der Waals surface area (Å²) in [4.78, 5) is 0. The van der Waals surface area contributed by atoms with E-state index in [4.69, 9.17) is 5.21 Å². The van der Waals surface area contributed by atoms with Gasteiger partial charge in [0.05, 0.1) is 5.71 Å².